The summed E-state index contributed by atoms with van der Waals surface area (Å²) in [6.45, 7) is 0. The Morgan fingerprint density at radius 3 is 2.75 bits per heavy atom. The molecule has 20 heavy (non-hydrogen) atoms. The van der Waals surface area contributed by atoms with Gasteiger partial charge >= 0.3 is 0 Å². The third kappa shape index (κ3) is 3.14. The molecule has 0 aliphatic carbocycles. The fourth-order valence-corrected chi connectivity index (χ4v) is 2.06. The van der Waals surface area contributed by atoms with Crippen molar-refractivity contribution in [1.29, 1.82) is 0 Å². The molecule has 104 valence electrons. The monoisotopic (exact) mass is 337 g/mol. The number of amides is 1. The smallest absolute Gasteiger partial charge is 0.255 e. The highest BCUT2D eigenvalue weighted by Crippen LogP contribution is 2.22. The van der Waals surface area contributed by atoms with Crippen LogP contribution in [-0.4, -0.2) is 25.0 Å². The molecule has 0 bridgehead atoms. The highest BCUT2D eigenvalue weighted by Gasteiger charge is 2.12. The second-order valence-corrected chi connectivity index (χ2v) is 5.21. The van der Waals surface area contributed by atoms with Crippen molar-refractivity contribution in [2.45, 2.75) is 0 Å². The second-order valence-electron chi connectivity index (χ2n) is 4.35. The molecule has 0 saturated heterocycles. The Balaban J connectivity index is 2.26. The largest absolute Gasteiger partial charge is 0.361 e. The highest BCUT2D eigenvalue weighted by atomic mass is 79.9. The number of rotatable bonds is 3. The molecule has 0 fully saturated rings. The van der Waals surface area contributed by atoms with Crippen LogP contribution in [0.4, 0.5) is 15.9 Å². The summed E-state index contributed by atoms with van der Waals surface area (Å²) in [6.07, 6.45) is 1.65. The summed E-state index contributed by atoms with van der Waals surface area (Å²) in [5.74, 6) is -0.0688. The van der Waals surface area contributed by atoms with Gasteiger partial charge in [-0.3, -0.25) is 4.79 Å². The molecule has 1 heterocycles. The topological polar surface area (TPSA) is 45.2 Å². The zero-order valence-electron chi connectivity index (χ0n) is 11.0. The Morgan fingerprint density at radius 2 is 2.10 bits per heavy atom. The first-order chi connectivity index (χ1) is 9.49. The maximum absolute atomic E-state index is 13.2. The molecule has 6 heteroatoms. The van der Waals surface area contributed by atoms with E-state index in [1.54, 1.807) is 23.2 Å². The van der Waals surface area contributed by atoms with Gasteiger partial charge in [0.05, 0.1) is 10.2 Å². The van der Waals surface area contributed by atoms with Crippen LogP contribution < -0.4 is 10.2 Å². The van der Waals surface area contributed by atoms with E-state index in [0.717, 1.165) is 0 Å². The van der Waals surface area contributed by atoms with Crippen LogP contribution in [0.25, 0.3) is 0 Å². The number of hydrogen-bond donors (Lipinski definition) is 1. The molecule has 0 unspecified atom stereocenters. The molecule has 0 saturated carbocycles. The lowest BCUT2D eigenvalue weighted by Gasteiger charge is -2.16. The van der Waals surface area contributed by atoms with E-state index in [1.807, 2.05) is 14.1 Å². The van der Waals surface area contributed by atoms with Gasteiger partial charge in [-0.05, 0) is 46.3 Å². The van der Waals surface area contributed by atoms with Crippen LogP contribution in [0.3, 0.4) is 0 Å². The van der Waals surface area contributed by atoms with E-state index >= 15 is 0 Å². The van der Waals surface area contributed by atoms with Crippen molar-refractivity contribution in [3.05, 3.63) is 52.4 Å². The van der Waals surface area contributed by atoms with Gasteiger partial charge in [0.25, 0.3) is 5.91 Å². The van der Waals surface area contributed by atoms with E-state index < -0.39 is 5.82 Å². The Kier molecular flexibility index (Phi) is 4.34. The van der Waals surface area contributed by atoms with Crippen LogP contribution in [0.5, 0.6) is 0 Å². The van der Waals surface area contributed by atoms with Crippen LogP contribution in [0.15, 0.2) is 41.0 Å². The molecule has 1 aromatic heterocycles. The fraction of sp³-hybridized carbons (Fsp3) is 0.143. The molecule has 1 amide bonds. The molecule has 2 aromatic rings. The normalized spacial score (nSPS) is 10.2. The summed E-state index contributed by atoms with van der Waals surface area (Å²) < 4.78 is 13.4. The number of carbonyl (C=O) groups is 1. The first-order valence-corrected chi connectivity index (χ1v) is 6.67. The lowest BCUT2D eigenvalue weighted by atomic mass is 10.2. The minimum Gasteiger partial charge on any atom is -0.361 e. The number of aromatic nitrogens is 1. The van der Waals surface area contributed by atoms with Crippen LogP contribution in [0.2, 0.25) is 0 Å². The summed E-state index contributed by atoms with van der Waals surface area (Å²) in [4.78, 5) is 18.2. The van der Waals surface area contributed by atoms with Crippen LogP contribution >= 0.6 is 15.9 Å². The van der Waals surface area contributed by atoms with Gasteiger partial charge < -0.3 is 10.2 Å². The first-order valence-electron chi connectivity index (χ1n) is 5.88. The number of halogens is 2. The van der Waals surface area contributed by atoms with Crippen molar-refractivity contribution in [1.82, 2.24) is 4.98 Å². The Morgan fingerprint density at radius 1 is 1.35 bits per heavy atom. The van der Waals surface area contributed by atoms with Crippen LogP contribution in [0.1, 0.15) is 10.4 Å². The van der Waals surface area contributed by atoms with Gasteiger partial charge in [0, 0.05) is 25.9 Å². The molecule has 1 N–H and O–H groups in total. The molecular weight excluding hydrogens is 325 g/mol. The number of pyridine rings is 1. The molecule has 0 aliphatic rings. The molecule has 4 nitrogen and oxygen atoms in total. The highest BCUT2D eigenvalue weighted by molar-refractivity contribution is 9.10. The molecule has 1 aromatic carbocycles. The van der Waals surface area contributed by atoms with Crippen molar-refractivity contribution in [2.75, 3.05) is 24.3 Å². The number of carbonyl (C=O) groups excluding carboxylic acids is 1. The molecule has 0 spiro atoms. The van der Waals surface area contributed by atoms with Crippen molar-refractivity contribution in [2.24, 2.45) is 0 Å². The third-order valence-electron chi connectivity index (χ3n) is 2.64. The number of hydrogen-bond acceptors (Lipinski definition) is 3. The standard InChI is InChI=1S/C14H13BrFN3O/c1-19(2)13-12(4-3-7-17-13)18-14(20)9-5-6-11(16)10(15)8-9/h3-8H,1-2H3,(H,18,20). The van der Waals surface area contributed by atoms with Gasteiger partial charge in [-0.1, -0.05) is 0 Å². The molecule has 0 aliphatic heterocycles. The lowest BCUT2D eigenvalue weighted by molar-refractivity contribution is 0.102. The van der Waals surface area contributed by atoms with Crippen molar-refractivity contribution in [3.8, 4) is 0 Å². The second kappa shape index (κ2) is 6.00. The average molecular weight is 338 g/mol. The number of anilines is 2. The molecule has 2 rings (SSSR count). The number of benzene rings is 1. The summed E-state index contributed by atoms with van der Waals surface area (Å²) in [5, 5.41) is 2.77. The van der Waals surface area contributed by atoms with E-state index in [9.17, 15) is 9.18 Å². The number of nitrogens with one attached hydrogen (secondary N) is 1. The number of nitrogens with zero attached hydrogens (tertiary/aromatic N) is 2. The van der Waals surface area contributed by atoms with Crippen molar-refractivity contribution < 1.29 is 9.18 Å². The van der Waals surface area contributed by atoms with E-state index in [-0.39, 0.29) is 10.4 Å². The van der Waals surface area contributed by atoms with E-state index in [1.165, 1.54) is 18.2 Å². The molecule has 0 radical (unpaired) electrons. The predicted octanol–water partition coefficient (Wildman–Crippen LogP) is 3.30. The van der Waals surface area contributed by atoms with Crippen molar-refractivity contribution >= 4 is 33.3 Å². The quantitative estimate of drug-likeness (QED) is 0.934. The van der Waals surface area contributed by atoms with E-state index in [4.69, 9.17) is 0 Å². The maximum atomic E-state index is 13.2. The van der Waals surface area contributed by atoms with Crippen LogP contribution in [0, 0.1) is 5.82 Å². The Hall–Kier alpha value is -1.95. The van der Waals surface area contributed by atoms with Gasteiger partial charge in [0.1, 0.15) is 5.82 Å². The molecular formula is C14H13BrFN3O. The summed E-state index contributed by atoms with van der Waals surface area (Å²) in [5.41, 5.74) is 0.967. The Bertz CT molecular complexity index is 646. The van der Waals surface area contributed by atoms with Gasteiger partial charge in [0.15, 0.2) is 5.82 Å². The van der Waals surface area contributed by atoms with Gasteiger partial charge in [-0.15, -0.1) is 0 Å². The fourth-order valence-electron chi connectivity index (χ4n) is 1.68. The van der Waals surface area contributed by atoms with Crippen molar-refractivity contribution in [3.63, 3.8) is 0 Å². The summed E-state index contributed by atoms with van der Waals surface area (Å²) in [7, 11) is 3.68. The first kappa shape index (κ1) is 14.5. The maximum Gasteiger partial charge on any atom is 0.255 e. The van der Waals surface area contributed by atoms with Crippen LogP contribution in [-0.2, 0) is 0 Å². The van der Waals surface area contributed by atoms with Gasteiger partial charge in [0.2, 0.25) is 0 Å². The minimum absolute atomic E-state index is 0.254. The molecule has 0 atom stereocenters. The summed E-state index contributed by atoms with van der Waals surface area (Å²) >= 11 is 3.06. The zero-order valence-corrected chi connectivity index (χ0v) is 12.6. The van der Waals surface area contributed by atoms with E-state index in [2.05, 4.69) is 26.2 Å². The zero-order chi connectivity index (χ0) is 14.7. The van der Waals surface area contributed by atoms with Gasteiger partial charge in [-0.2, -0.15) is 0 Å². The third-order valence-corrected chi connectivity index (χ3v) is 3.25. The minimum atomic E-state index is -0.406. The lowest BCUT2D eigenvalue weighted by Crippen LogP contribution is -2.17. The van der Waals surface area contributed by atoms with E-state index in [0.29, 0.717) is 17.1 Å². The summed E-state index contributed by atoms with van der Waals surface area (Å²) in [6, 6.07) is 7.62. The Labute approximate surface area is 124 Å². The van der Waals surface area contributed by atoms with Gasteiger partial charge in [-0.25, -0.2) is 9.37 Å². The predicted molar refractivity (Wildman–Crippen MR) is 80.6 cm³/mol. The average Bonchev–Trinajstić information content (AvgIpc) is 2.42. The SMILES string of the molecule is CN(C)c1ncccc1NC(=O)c1ccc(F)c(Br)c1.